The van der Waals surface area contributed by atoms with Crippen LogP contribution in [0.1, 0.15) is 17.0 Å². The zero-order valence-electron chi connectivity index (χ0n) is 11.3. The molecule has 1 aliphatic rings. The third-order valence-electron chi connectivity index (χ3n) is 3.16. The zero-order chi connectivity index (χ0) is 14.2. The van der Waals surface area contributed by atoms with E-state index in [4.69, 9.17) is 21.4 Å². The molecule has 0 atom stereocenters. The summed E-state index contributed by atoms with van der Waals surface area (Å²) < 4.78 is 10.3. The Hall–Kier alpha value is -1.44. The van der Waals surface area contributed by atoms with Gasteiger partial charge >= 0.3 is 0 Å². The number of hydrogen-bond acceptors (Lipinski definition) is 4. The van der Waals surface area contributed by atoms with Crippen LogP contribution in [0, 0.1) is 0 Å². The summed E-state index contributed by atoms with van der Waals surface area (Å²) in [6, 6.07) is 3.26. The lowest BCUT2D eigenvalue weighted by molar-refractivity contribution is -0.908. The highest BCUT2D eigenvalue weighted by Crippen LogP contribution is 1.98. The molecule has 0 unspecified atom stereocenters. The summed E-state index contributed by atoms with van der Waals surface area (Å²) in [5.74, 6) is -0.0711. The Balaban J connectivity index is 1.57. The van der Waals surface area contributed by atoms with E-state index in [1.807, 2.05) is 0 Å². The number of carbonyl (C=O) groups is 1. The van der Waals surface area contributed by atoms with Gasteiger partial charge in [-0.1, -0.05) is 0 Å². The Morgan fingerprint density at radius 3 is 2.90 bits per heavy atom. The highest BCUT2D eigenvalue weighted by molar-refractivity contribution is 7.80. The van der Waals surface area contributed by atoms with Crippen molar-refractivity contribution in [1.82, 2.24) is 10.6 Å². The minimum atomic E-state index is -0.327. The van der Waals surface area contributed by atoms with Crippen LogP contribution in [0.3, 0.4) is 0 Å². The van der Waals surface area contributed by atoms with Gasteiger partial charge in [0.15, 0.2) is 10.9 Å². The van der Waals surface area contributed by atoms with E-state index in [2.05, 4.69) is 10.6 Å². The molecule has 20 heavy (non-hydrogen) atoms. The SMILES string of the molecule is O=C(NC(=S)NCCC[NH+]1CCOCC1)c1ccco1. The Morgan fingerprint density at radius 1 is 1.40 bits per heavy atom. The summed E-state index contributed by atoms with van der Waals surface area (Å²) in [5, 5.41) is 5.95. The molecule has 1 fully saturated rings. The van der Waals surface area contributed by atoms with Gasteiger partial charge in [-0.2, -0.15) is 0 Å². The maximum absolute atomic E-state index is 11.6. The second kappa shape index (κ2) is 7.98. The summed E-state index contributed by atoms with van der Waals surface area (Å²) in [7, 11) is 0. The standard InChI is InChI=1S/C13H19N3O3S/c17-12(11-3-1-8-19-11)15-13(20)14-4-2-5-16-6-9-18-10-7-16/h1,3,8H,2,4-7,9-10H2,(H2,14,15,17,20)/p+1. The highest BCUT2D eigenvalue weighted by Gasteiger charge is 2.13. The molecular weight excluding hydrogens is 278 g/mol. The number of hydrogen-bond donors (Lipinski definition) is 3. The summed E-state index contributed by atoms with van der Waals surface area (Å²) in [5.41, 5.74) is 0. The highest BCUT2D eigenvalue weighted by atomic mass is 32.1. The molecular formula is C13H20N3O3S+. The normalized spacial score (nSPS) is 15.8. The van der Waals surface area contributed by atoms with E-state index >= 15 is 0 Å². The number of ether oxygens (including phenoxy) is 1. The molecule has 1 amide bonds. The van der Waals surface area contributed by atoms with Crippen LogP contribution in [0.25, 0.3) is 0 Å². The number of nitrogens with one attached hydrogen (secondary N) is 3. The Kier molecular flexibility index (Phi) is 5.97. The second-order valence-electron chi connectivity index (χ2n) is 4.65. The van der Waals surface area contributed by atoms with Gasteiger partial charge in [0, 0.05) is 13.0 Å². The van der Waals surface area contributed by atoms with Crippen molar-refractivity contribution in [3.8, 4) is 0 Å². The molecule has 2 rings (SSSR count). The predicted molar refractivity (Wildman–Crippen MR) is 77.8 cm³/mol. The van der Waals surface area contributed by atoms with Gasteiger partial charge in [-0.3, -0.25) is 10.1 Å². The molecule has 0 bridgehead atoms. The van der Waals surface area contributed by atoms with Crippen molar-refractivity contribution in [3.05, 3.63) is 24.2 Å². The number of thiocarbonyl (C=S) groups is 1. The van der Waals surface area contributed by atoms with Crippen LogP contribution < -0.4 is 15.5 Å². The van der Waals surface area contributed by atoms with Crippen LogP contribution in [0.2, 0.25) is 0 Å². The predicted octanol–water partition coefficient (Wildman–Crippen LogP) is -0.811. The molecule has 0 saturated carbocycles. The molecule has 2 heterocycles. The van der Waals surface area contributed by atoms with E-state index < -0.39 is 0 Å². The smallest absolute Gasteiger partial charge is 0.293 e. The zero-order valence-corrected chi connectivity index (χ0v) is 12.1. The first kappa shape index (κ1) is 15.0. The maximum atomic E-state index is 11.6. The number of amides is 1. The molecule has 1 aromatic heterocycles. The fourth-order valence-corrected chi connectivity index (χ4v) is 2.26. The van der Waals surface area contributed by atoms with E-state index in [0.29, 0.717) is 5.11 Å². The van der Waals surface area contributed by atoms with E-state index in [9.17, 15) is 4.79 Å². The Labute approximate surface area is 123 Å². The quantitative estimate of drug-likeness (QED) is 0.490. The van der Waals surface area contributed by atoms with Crippen molar-refractivity contribution in [2.45, 2.75) is 6.42 Å². The molecule has 0 aliphatic carbocycles. The molecule has 0 spiro atoms. The van der Waals surface area contributed by atoms with Gasteiger partial charge in [0.1, 0.15) is 13.1 Å². The number of carbonyl (C=O) groups excluding carboxylic acids is 1. The monoisotopic (exact) mass is 298 g/mol. The van der Waals surface area contributed by atoms with E-state index in [1.165, 1.54) is 6.26 Å². The largest absolute Gasteiger partial charge is 0.459 e. The maximum Gasteiger partial charge on any atom is 0.293 e. The van der Waals surface area contributed by atoms with Crippen molar-refractivity contribution in [3.63, 3.8) is 0 Å². The van der Waals surface area contributed by atoms with Gasteiger partial charge in [0.05, 0.1) is 26.0 Å². The third kappa shape index (κ3) is 4.92. The van der Waals surface area contributed by atoms with Crippen LogP contribution in [0.5, 0.6) is 0 Å². The topological polar surface area (TPSA) is 67.9 Å². The van der Waals surface area contributed by atoms with E-state index in [-0.39, 0.29) is 11.7 Å². The number of quaternary nitrogens is 1. The first-order valence-electron chi connectivity index (χ1n) is 6.79. The molecule has 6 nitrogen and oxygen atoms in total. The Bertz CT molecular complexity index is 430. The van der Waals surface area contributed by atoms with Crippen molar-refractivity contribution in [2.75, 3.05) is 39.4 Å². The van der Waals surface area contributed by atoms with E-state index in [1.54, 1.807) is 17.0 Å². The second-order valence-corrected chi connectivity index (χ2v) is 5.06. The lowest BCUT2D eigenvalue weighted by atomic mass is 10.3. The third-order valence-corrected chi connectivity index (χ3v) is 3.41. The van der Waals surface area contributed by atoms with Crippen molar-refractivity contribution < 1.29 is 18.8 Å². The summed E-state index contributed by atoms with van der Waals surface area (Å²) in [6.07, 6.45) is 2.46. The first-order chi connectivity index (χ1) is 9.75. The minimum Gasteiger partial charge on any atom is -0.459 e. The first-order valence-corrected chi connectivity index (χ1v) is 7.20. The van der Waals surface area contributed by atoms with Crippen molar-refractivity contribution >= 4 is 23.2 Å². The molecule has 1 aliphatic heterocycles. The fraction of sp³-hybridized carbons (Fsp3) is 0.538. The van der Waals surface area contributed by atoms with Crippen molar-refractivity contribution in [1.29, 1.82) is 0 Å². The lowest BCUT2D eigenvalue weighted by Gasteiger charge is -2.23. The van der Waals surface area contributed by atoms with Gasteiger partial charge in [-0.25, -0.2) is 0 Å². The van der Waals surface area contributed by atoms with Crippen LogP contribution in [0.15, 0.2) is 22.8 Å². The molecule has 3 N–H and O–H groups in total. The lowest BCUT2D eigenvalue weighted by Crippen LogP contribution is -3.14. The Morgan fingerprint density at radius 2 is 2.20 bits per heavy atom. The molecule has 110 valence electrons. The fourth-order valence-electron chi connectivity index (χ4n) is 2.07. The molecule has 0 aromatic carbocycles. The molecule has 1 saturated heterocycles. The van der Waals surface area contributed by atoms with Crippen LogP contribution in [-0.4, -0.2) is 50.4 Å². The molecule has 0 radical (unpaired) electrons. The summed E-state index contributed by atoms with van der Waals surface area (Å²) in [6.45, 7) is 5.67. The van der Waals surface area contributed by atoms with Gasteiger partial charge < -0.3 is 19.4 Å². The van der Waals surface area contributed by atoms with Crippen molar-refractivity contribution in [2.24, 2.45) is 0 Å². The molecule has 1 aromatic rings. The van der Waals surface area contributed by atoms with Crippen LogP contribution in [-0.2, 0) is 4.74 Å². The molecule has 7 heteroatoms. The van der Waals surface area contributed by atoms with Gasteiger partial charge in [-0.15, -0.1) is 0 Å². The van der Waals surface area contributed by atoms with Crippen LogP contribution in [0.4, 0.5) is 0 Å². The summed E-state index contributed by atoms with van der Waals surface area (Å²) in [4.78, 5) is 13.2. The van der Waals surface area contributed by atoms with E-state index in [0.717, 1.165) is 45.8 Å². The van der Waals surface area contributed by atoms with Crippen LogP contribution >= 0.6 is 12.2 Å². The van der Waals surface area contributed by atoms with Gasteiger partial charge in [0.2, 0.25) is 0 Å². The minimum absolute atomic E-state index is 0.256. The average Bonchev–Trinajstić information content (AvgIpc) is 2.99. The van der Waals surface area contributed by atoms with Gasteiger partial charge in [0.25, 0.3) is 5.91 Å². The average molecular weight is 298 g/mol. The summed E-state index contributed by atoms with van der Waals surface area (Å²) >= 11 is 5.06. The number of morpholine rings is 1. The number of furan rings is 1. The van der Waals surface area contributed by atoms with Gasteiger partial charge in [-0.05, 0) is 24.4 Å². The number of rotatable bonds is 5.